The first-order valence-corrected chi connectivity index (χ1v) is 7.16. The molecule has 0 atom stereocenters. The minimum atomic E-state index is -0.168. The van der Waals surface area contributed by atoms with Gasteiger partial charge < -0.3 is 19.9 Å². The van der Waals surface area contributed by atoms with Crippen molar-refractivity contribution in [2.24, 2.45) is 5.73 Å². The van der Waals surface area contributed by atoms with Gasteiger partial charge in [0.15, 0.2) is 6.29 Å². The summed E-state index contributed by atoms with van der Waals surface area (Å²) in [7, 11) is 1.67. The summed E-state index contributed by atoms with van der Waals surface area (Å²) in [6, 6.07) is 7.96. The van der Waals surface area contributed by atoms with E-state index in [0.717, 1.165) is 29.5 Å². The first-order chi connectivity index (χ1) is 10.3. The molecule has 0 amide bonds. The predicted octanol–water partition coefficient (Wildman–Crippen LogP) is 1.88. The zero-order chi connectivity index (χ0) is 14.7. The van der Waals surface area contributed by atoms with E-state index in [0.29, 0.717) is 13.2 Å². The van der Waals surface area contributed by atoms with Gasteiger partial charge in [0.2, 0.25) is 0 Å². The maximum Gasteiger partial charge on any atom is 0.158 e. The molecular weight excluding hydrogens is 268 g/mol. The van der Waals surface area contributed by atoms with Gasteiger partial charge in [-0.1, -0.05) is 0 Å². The second-order valence-electron chi connectivity index (χ2n) is 5.25. The Morgan fingerprint density at radius 3 is 2.86 bits per heavy atom. The summed E-state index contributed by atoms with van der Waals surface area (Å²) in [6.07, 6.45) is 3.34. The fourth-order valence-electron chi connectivity index (χ4n) is 2.53. The topological polar surface area (TPSA) is 66.6 Å². The largest absolute Gasteiger partial charge is 0.497 e. The predicted molar refractivity (Wildman–Crippen MR) is 80.3 cm³/mol. The number of benzene rings is 1. The molecule has 21 heavy (non-hydrogen) atoms. The molecule has 0 radical (unpaired) electrons. The van der Waals surface area contributed by atoms with Crippen LogP contribution in [0.15, 0.2) is 30.5 Å². The lowest BCUT2D eigenvalue weighted by molar-refractivity contribution is -0.187. The van der Waals surface area contributed by atoms with Gasteiger partial charge in [-0.2, -0.15) is 0 Å². The first-order valence-electron chi connectivity index (χ1n) is 7.16. The van der Waals surface area contributed by atoms with Crippen molar-refractivity contribution in [1.29, 1.82) is 0 Å². The Balaban J connectivity index is 1.74. The van der Waals surface area contributed by atoms with Gasteiger partial charge in [0, 0.05) is 18.0 Å². The Kier molecular flexibility index (Phi) is 4.34. The van der Waals surface area contributed by atoms with E-state index in [1.54, 1.807) is 7.11 Å². The quantitative estimate of drug-likeness (QED) is 0.930. The molecule has 1 fully saturated rings. The van der Waals surface area contributed by atoms with Crippen molar-refractivity contribution >= 4 is 10.9 Å². The molecule has 0 aliphatic carbocycles. The highest BCUT2D eigenvalue weighted by Crippen LogP contribution is 2.24. The number of aromatic nitrogens is 1. The van der Waals surface area contributed by atoms with Gasteiger partial charge in [0.25, 0.3) is 0 Å². The molecule has 1 aliphatic rings. The zero-order valence-corrected chi connectivity index (χ0v) is 12.1. The van der Waals surface area contributed by atoms with Crippen LogP contribution in [0.2, 0.25) is 0 Å². The SMILES string of the molecule is COc1ccc2nccc(CCC3OCC(N)CO3)c2c1. The second kappa shape index (κ2) is 6.39. The van der Waals surface area contributed by atoms with Crippen molar-refractivity contribution in [3.05, 3.63) is 36.0 Å². The van der Waals surface area contributed by atoms with Crippen molar-refractivity contribution in [3.8, 4) is 5.75 Å². The monoisotopic (exact) mass is 288 g/mol. The van der Waals surface area contributed by atoms with Crippen LogP contribution in [0.4, 0.5) is 0 Å². The molecule has 0 spiro atoms. The number of pyridine rings is 1. The van der Waals surface area contributed by atoms with Crippen LogP contribution in [0.3, 0.4) is 0 Å². The van der Waals surface area contributed by atoms with Gasteiger partial charge in [0.05, 0.1) is 31.9 Å². The molecule has 0 unspecified atom stereocenters. The Morgan fingerprint density at radius 2 is 2.10 bits per heavy atom. The average Bonchev–Trinajstić information content (AvgIpc) is 2.54. The first kappa shape index (κ1) is 14.3. The number of methoxy groups -OCH3 is 1. The smallest absolute Gasteiger partial charge is 0.158 e. The Bertz CT molecular complexity index is 609. The number of fused-ring (bicyclic) bond motifs is 1. The van der Waals surface area contributed by atoms with Crippen LogP contribution in [0.25, 0.3) is 10.9 Å². The van der Waals surface area contributed by atoms with Gasteiger partial charge in [-0.3, -0.25) is 4.98 Å². The minimum absolute atomic E-state index is 0.00716. The summed E-state index contributed by atoms with van der Waals surface area (Å²) in [6.45, 7) is 1.13. The van der Waals surface area contributed by atoms with Crippen LogP contribution in [0, 0.1) is 0 Å². The number of hydrogen-bond donors (Lipinski definition) is 1. The number of ether oxygens (including phenoxy) is 3. The van der Waals surface area contributed by atoms with Crippen LogP contribution in [-0.4, -0.2) is 37.6 Å². The number of nitrogens with zero attached hydrogens (tertiary/aromatic N) is 1. The molecule has 2 N–H and O–H groups in total. The highest BCUT2D eigenvalue weighted by molar-refractivity contribution is 5.83. The van der Waals surface area contributed by atoms with E-state index in [-0.39, 0.29) is 12.3 Å². The average molecular weight is 288 g/mol. The summed E-state index contributed by atoms with van der Waals surface area (Å²) in [5.41, 5.74) is 7.93. The lowest BCUT2D eigenvalue weighted by atomic mass is 10.0. The van der Waals surface area contributed by atoms with Crippen LogP contribution in [0.1, 0.15) is 12.0 Å². The molecule has 2 heterocycles. The standard InChI is InChI=1S/C16H20N2O3/c1-19-13-3-4-15-14(8-13)11(6-7-18-15)2-5-16-20-9-12(17)10-21-16/h3-4,6-8,12,16H,2,5,9-10,17H2,1H3. The van der Waals surface area contributed by atoms with Gasteiger partial charge in [0.1, 0.15) is 5.75 Å². The van der Waals surface area contributed by atoms with Gasteiger partial charge in [-0.25, -0.2) is 0 Å². The fraction of sp³-hybridized carbons (Fsp3) is 0.438. The molecule has 5 nitrogen and oxygen atoms in total. The third kappa shape index (κ3) is 3.32. The number of rotatable bonds is 4. The summed E-state index contributed by atoms with van der Waals surface area (Å²) >= 11 is 0. The lowest BCUT2D eigenvalue weighted by Crippen LogP contribution is -2.41. The Hall–Kier alpha value is -1.69. The third-order valence-electron chi connectivity index (χ3n) is 3.68. The van der Waals surface area contributed by atoms with E-state index in [1.807, 2.05) is 30.5 Å². The van der Waals surface area contributed by atoms with Gasteiger partial charge in [-0.05, 0) is 36.2 Å². The van der Waals surface area contributed by atoms with Crippen LogP contribution in [-0.2, 0) is 15.9 Å². The Labute approximate surface area is 124 Å². The highest BCUT2D eigenvalue weighted by Gasteiger charge is 2.19. The maximum absolute atomic E-state index is 5.74. The fourth-order valence-corrected chi connectivity index (χ4v) is 2.53. The van der Waals surface area contributed by atoms with E-state index in [2.05, 4.69) is 4.98 Å². The highest BCUT2D eigenvalue weighted by atomic mass is 16.7. The van der Waals surface area contributed by atoms with E-state index in [1.165, 1.54) is 5.56 Å². The third-order valence-corrected chi connectivity index (χ3v) is 3.68. The maximum atomic E-state index is 5.74. The molecule has 1 saturated heterocycles. The number of nitrogens with two attached hydrogens (primary N) is 1. The van der Waals surface area contributed by atoms with E-state index in [9.17, 15) is 0 Å². The van der Waals surface area contributed by atoms with Gasteiger partial charge >= 0.3 is 0 Å². The summed E-state index contributed by atoms with van der Waals surface area (Å²) in [5, 5.41) is 1.12. The lowest BCUT2D eigenvalue weighted by Gasteiger charge is -2.27. The van der Waals surface area contributed by atoms with Crippen molar-refractivity contribution < 1.29 is 14.2 Å². The van der Waals surface area contributed by atoms with E-state index in [4.69, 9.17) is 19.9 Å². The van der Waals surface area contributed by atoms with Crippen LogP contribution in [0.5, 0.6) is 5.75 Å². The van der Waals surface area contributed by atoms with Crippen molar-refractivity contribution in [3.63, 3.8) is 0 Å². The van der Waals surface area contributed by atoms with Crippen molar-refractivity contribution in [1.82, 2.24) is 4.98 Å². The number of aryl methyl sites for hydroxylation is 1. The van der Waals surface area contributed by atoms with E-state index >= 15 is 0 Å². The van der Waals surface area contributed by atoms with Gasteiger partial charge in [-0.15, -0.1) is 0 Å². The van der Waals surface area contributed by atoms with Crippen LogP contribution < -0.4 is 10.5 Å². The van der Waals surface area contributed by atoms with Crippen LogP contribution >= 0.6 is 0 Å². The molecule has 1 aromatic carbocycles. The number of hydrogen-bond acceptors (Lipinski definition) is 5. The molecule has 0 bridgehead atoms. The molecule has 5 heteroatoms. The Morgan fingerprint density at radius 1 is 1.29 bits per heavy atom. The summed E-state index contributed by atoms with van der Waals surface area (Å²) in [5.74, 6) is 0.841. The second-order valence-corrected chi connectivity index (χ2v) is 5.25. The van der Waals surface area contributed by atoms with E-state index < -0.39 is 0 Å². The minimum Gasteiger partial charge on any atom is -0.497 e. The molecule has 0 saturated carbocycles. The summed E-state index contributed by atoms with van der Waals surface area (Å²) < 4.78 is 16.5. The van der Waals surface area contributed by atoms with Crippen molar-refractivity contribution in [2.75, 3.05) is 20.3 Å². The summed E-state index contributed by atoms with van der Waals surface area (Å²) in [4.78, 5) is 4.39. The zero-order valence-electron chi connectivity index (χ0n) is 12.1. The normalized spacial score (nSPS) is 22.4. The molecule has 2 aromatic rings. The molecule has 1 aliphatic heterocycles. The molecule has 112 valence electrons. The molecular formula is C16H20N2O3. The van der Waals surface area contributed by atoms with Crippen molar-refractivity contribution in [2.45, 2.75) is 25.2 Å². The molecule has 1 aromatic heterocycles. The molecule has 3 rings (SSSR count).